The molecule has 0 saturated carbocycles. The molecule has 118 valence electrons. The Morgan fingerprint density at radius 1 is 1.18 bits per heavy atom. The van der Waals surface area contributed by atoms with Gasteiger partial charge in [-0.1, -0.05) is 44.2 Å². The van der Waals surface area contributed by atoms with Gasteiger partial charge >= 0.3 is 0 Å². The highest BCUT2D eigenvalue weighted by molar-refractivity contribution is 7.92. The lowest BCUT2D eigenvalue weighted by atomic mass is 10.1. The average molecular weight is 320 g/mol. The third kappa shape index (κ3) is 5.09. The minimum Gasteiger partial charge on any atom is -0.208 e. The van der Waals surface area contributed by atoms with Gasteiger partial charge in [0.2, 0.25) is 10.0 Å². The zero-order chi connectivity index (χ0) is 16.0. The molecule has 0 aliphatic rings. The molecule has 0 aliphatic carbocycles. The minimum absolute atomic E-state index is 0.117. The zero-order valence-electron chi connectivity index (χ0n) is 12.6. The standard InChI is InChI=1S/C15H20N4O2S/c1-13(2)15(12-19-16-9-10-17-19)18-22(20,21)11-8-14-6-4-3-5-7-14/h3-11,13,15,18H,12H2,1-2H3. The summed E-state index contributed by atoms with van der Waals surface area (Å²) < 4.78 is 27.1. The Labute approximate surface area is 130 Å². The second-order valence-corrected chi connectivity index (χ2v) is 6.91. The van der Waals surface area contributed by atoms with Gasteiger partial charge in [-0.25, -0.2) is 13.1 Å². The van der Waals surface area contributed by atoms with E-state index in [0.29, 0.717) is 6.54 Å². The van der Waals surface area contributed by atoms with Gasteiger partial charge in [-0.3, -0.25) is 0 Å². The molecule has 0 bridgehead atoms. The van der Waals surface area contributed by atoms with Crippen LogP contribution in [0.2, 0.25) is 0 Å². The van der Waals surface area contributed by atoms with Gasteiger partial charge < -0.3 is 0 Å². The second-order valence-electron chi connectivity index (χ2n) is 5.31. The summed E-state index contributed by atoms with van der Waals surface area (Å²) in [6.07, 6.45) is 4.72. The third-order valence-corrected chi connectivity index (χ3v) is 4.31. The molecule has 0 fully saturated rings. The fraction of sp³-hybridized carbons (Fsp3) is 0.333. The summed E-state index contributed by atoms with van der Waals surface area (Å²) in [5.74, 6) is 0.117. The Balaban J connectivity index is 2.06. The Morgan fingerprint density at radius 3 is 2.41 bits per heavy atom. The van der Waals surface area contributed by atoms with Crippen molar-refractivity contribution in [2.45, 2.75) is 26.4 Å². The molecule has 22 heavy (non-hydrogen) atoms. The number of rotatable bonds is 7. The number of hydrogen-bond donors (Lipinski definition) is 1. The van der Waals surface area contributed by atoms with Crippen LogP contribution in [0.1, 0.15) is 19.4 Å². The van der Waals surface area contributed by atoms with Gasteiger partial charge in [0.05, 0.1) is 18.9 Å². The van der Waals surface area contributed by atoms with E-state index in [9.17, 15) is 8.42 Å². The lowest BCUT2D eigenvalue weighted by Gasteiger charge is -2.20. The van der Waals surface area contributed by atoms with E-state index >= 15 is 0 Å². The molecule has 1 N–H and O–H groups in total. The molecule has 0 radical (unpaired) electrons. The quantitative estimate of drug-likeness (QED) is 0.845. The van der Waals surface area contributed by atoms with Crippen LogP contribution >= 0.6 is 0 Å². The monoisotopic (exact) mass is 320 g/mol. The highest BCUT2D eigenvalue weighted by Crippen LogP contribution is 2.08. The van der Waals surface area contributed by atoms with Crippen molar-refractivity contribution < 1.29 is 8.42 Å². The fourth-order valence-electron chi connectivity index (χ4n) is 1.88. The predicted octanol–water partition coefficient (Wildman–Crippen LogP) is 1.89. The van der Waals surface area contributed by atoms with Crippen LogP contribution in [0.15, 0.2) is 48.1 Å². The minimum atomic E-state index is -3.53. The summed E-state index contributed by atoms with van der Waals surface area (Å²) in [6, 6.07) is 9.02. The largest absolute Gasteiger partial charge is 0.234 e. The number of nitrogens with one attached hydrogen (secondary N) is 1. The topological polar surface area (TPSA) is 76.9 Å². The first-order valence-electron chi connectivity index (χ1n) is 7.06. The van der Waals surface area contributed by atoms with Gasteiger partial charge in [0.1, 0.15) is 0 Å². The first-order chi connectivity index (χ1) is 10.5. The van der Waals surface area contributed by atoms with Gasteiger partial charge in [0, 0.05) is 11.4 Å². The Kier molecular flexibility index (Phi) is 5.46. The van der Waals surface area contributed by atoms with Crippen LogP contribution in [0.25, 0.3) is 6.08 Å². The van der Waals surface area contributed by atoms with Crippen molar-refractivity contribution in [1.29, 1.82) is 0 Å². The Bertz CT molecular complexity index is 694. The number of benzene rings is 1. The van der Waals surface area contributed by atoms with E-state index in [1.165, 1.54) is 10.2 Å². The van der Waals surface area contributed by atoms with E-state index < -0.39 is 10.0 Å². The van der Waals surface area contributed by atoms with Crippen LogP contribution in [-0.4, -0.2) is 29.5 Å². The highest BCUT2D eigenvalue weighted by atomic mass is 32.2. The molecule has 0 aliphatic heterocycles. The summed E-state index contributed by atoms with van der Waals surface area (Å²) in [7, 11) is -3.53. The second kappa shape index (κ2) is 7.33. The summed E-state index contributed by atoms with van der Waals surface area (Å²) in [5, 5.41) is 9.22. The molecule has 2 rings (SSSR count). The normalized spacial score (nSPS) is 13.8. The summed E-state index contributed by atoms with van der Waals surface area (Å²) in [4.78, 5) is 1.48. The maximum atomic E-state index is 12.2. The van der Waals surface area contributed by atoms with Crippen molar-refractivity contribution >= 4 is 16.1 Å². The Morgan fingerprint density at radius 2 is 1.82 bits per heavy atom. The van der Waals surface area contributed by atoms with Gasteiger partial charge in [-0.15, -0.1) is 0 Å². The third-order valence-electron chi connectivity index (χ3n) is 3.19. The molecule has 1 atom stereocenters. The van der Waals surface area contributed by atoms with Gasteiger partial charge in [-0.2, -0.15) is 15.0 Å². The average Bonchev–Trinajstić information content (AvgIpc) is 2.98. The Hall–Kier alpha value is -1.99. The first kappa shape index (κ1) is 16.4. The SMILES string of the molecule is CC(C)C(Cn1nccn1)NS(=O)(=O)C=Cc1ccccc1. The molecule has 1 aromatic carbocycles. The number of sulfonamides is 1. The molecule has 6 nitrogen and oxygen atoms in total. The predicted molar refractivity (Wildman–Crippen MR) is 86.2 cm³/mol. The van der Waals surface area contributed by atoms with Crippen molar-refractivity contribution in [3.05, 3.63) is 53.7 Å². The maximum absolute atomic E-state index is 12.2. The van der Waals surface area contributed by atoms with Crippen LogP contribution in [0, 0.1) is 5.92 Å². The van der Waals surface area contributed by atoms with E-state index in [2.05, 4.69) is 14.9 Å². The van der Waals surface area contributed by atoms with E-state index in [4.69, 9.17) is 0 Å². The molecule has 2 aromatic rings. The smallest absolute Gasteiger partial charge is 0.208 e. The number of aromatic nitrogens is 3. The van der Waals surface area contributed by atoms with Gasteiger partial charge in [-0.05, 0) is 17.6 Å². The zero-order valence-corrected chi connectivity index (χ0v) is 13.4. The van der Waals surface area contributed by atoms with Gasteiger partial charge in [0.15, 0.2) is 0 Å². The molecule has 1 unspecified atom stereocenters. The van der Waals surface area contributed by atoms with E-state index in [-0.39, 0.29) is 12.0 Å². The van der Waals surface area contributed by atoms with E-state index in [0.717, 1.165) is 5.56 Å². The van der Waals surface area contributed by atoms with Gasteiger partial charge in [0.25, 0.3) is 0 Å². The van der Waals surface area contributed by atoms with Crippen LogP contribution in [0.4, 0.5) is 0 Å². The lowest BCUT2D eigenvalue weighted by Crippen LogP contribution is -2.41. The molecule has 0 spiro atoms. The summed E-state index contributed by atoms with van der Waals surface area (Å²) in [5.41, 5.74) is 0.836. The van der Waals surface area contributed by atoms with E-state index in [1.54, 1.807) is 18.5 Å². The molecule has 1 aromatic heterocycles. The van der Waals surface area contributed by atoms with Crippen molar-refractivity contribution in [2.75, 3.05) is 0 Å². The van der Waals surface area contributed by atoms with Crippen molar-refractivity contribution in [3.8, 4) is 0 Å². The number of hydrogen-bond acceptors (Lipinski definition) is 4. The summed E-state index contributed by atoms with van der Waals surface area (Å²) in [6.45, 7) is 4.30. The number of nitrogens with zero attached hydrogens (tertiary/aromatic N) is 3. The first-order valence-corrected chi connectivity index (χ1v) is 8.60. The van der Waals surface area contributed by atoms with Crippen LogP contribution in [0.5, 0.6) is 0 Å². The maximum Gasteiger partial charge on any atom is 0.234 e. The summed E-state index contributed by atoms with van der Waals surface area (Å²) >= 11 is 0. The van der Waals surface area contributed by atoms with Crippen LogP contribution in [-0.2, 0) is 16.6 Å². The molecule has 7 heteroatoms. The highest BCUT2D eigenvalue weighted by Gasteiger charge is 2.20. The molecule has 0 amide bonds. The van der Waals surface area contributed by atoms with Crippen LogP contribution in [0.3, 0.4) is 0 Å². The van der Waals surface area contributed by atoms with Crippen molar-refractivity contribution in [3.63, 3.8) is 0 Å². The molecular weight excluding hydrogens is 300 g/mol. The lowest BCUT2D eigenvalue weighted by molar-refractivity contribution is 0.362. The molecule has 0 saturated heterocycles. The fourth-order valence-corrected chi connectivity index (χ4v) is 3.06. The van der Waals surface area contributed by atoms with Crippen LogP contribution < -0.4 is 4.72 Å². The molecular formula is C15H20N4O2S. The van der Waals surface area contributed by atoms with E-state index in [1.807, 2.05) is 44.2 Å². The van der Waals surface area contributed by atoms with Crippen molar-refractivity contribution in [1.82, 2.24) is 19.7 Å². The van der Waals surface area contributed by atoms with Crippen molar-refractivity contribution in [2.24, 2.45) is 5.92 Å². The molecule has 1 heterocycles.